The summed E-state index contributed by atoms with van der Waals surface area (Å²) in [5, 5.41) is 0. The summed E-state index contributed by atoms with van der Waals surface area (Å²) in [4.78, 5) is 22.4. The van der Waals surface area contributed by atoms with Crippen LogP contribution in [0.1, 0.15) is 19.3 Å². The Morgan fingerprint density at radius 2 is 2.04 bits per heavy atom. The number of rotatable bonds is 6. The molecule has 2 heterocycles. The van der Waals surface area contributed by atoms with Gasteiger partial charge in [-0.25, -0.2) is 13.4 Å². The van der Waals surface area contributed by atoms with Gasteiger partial charge in [0.25, 0.3) is 0 Å². The Labute approximate surface area is 153 Å². The molecule has 7 nitrogen and oxygen atoms in total. The molecule has 8 heteroatoms. The van der Waals surface area contributed by atoms with E-state index in [4.69, 9.17) is 4.74 Å². The van der Waals surface area contributed by atoms with Crippen molar-refractivity contribution in [2.24, 2.45) is 0 Å². The molecule has 1 fully saturated rings. The maximum absolute atomic E-state index is 12.5. The highest BCUT2D eigenvalue weighted by molar-refractivity contribution is 7.91. The molecule has 1 aliphatic heterocycles. The van der Waals surface area contributed by atoms with E-state index in [0.29, 0.717) is 19.0 Å². The van der Waals surface area contributed by atoms with Crippen molar-refractivity contribution in [2.45, 2.75) is 30.3 Å². The SMILES string of the molecule is O=C(CCS(=O)(=O)c1ccccc1)N1CCCC(Oc2cnccn2)C1. The minimum absolute atomic E-state index is 0.0326. The second-order valence-corrected chi connectivity index (χ2v) is 8.26. The molecule has 0 bridgehead atoms. The summed E-state index contributed by atoms with van der Waals surface area (Å²) in [7, 11) is -3.45. The first-order chi connectivity index (χ1) is 12.5. The van der Waals surface area contributed by atoms with Gasteiger partial charge in [-0.2, -0.15) is 0 Å². The third-order valence-corrected chi connectivity index (χ3v) is 5.98. The summed E-state index contributed by atoms with van der Waals surface area (Å²) in [6.45, 7) is 1.05. The number of likely N-dealkylation sites (tertiary alicyclic amines) is 1. The first-order valence-electron chi connectivity index (χ1n) is 8.53. The number of benzene rings is 1. The van der Waals surface area contributed by atoms with Gasteiger partial charge in [-0.15, -0.1) is 0 Å². The number of amides is 1. The molecule has 26 heavy (non-hydrogen) atoms. The molecule has 0 radical (unpaired) electrons. The Bertz CT molecular complexity index is 828. The molecule has 1 unspecified atom stereocenters. The number of aromatic nitrogens is 2. The van der Waals surface area contributed by atoms with E-state index in [0.717, 1.165) is 12.8 Å². The highest BCUT2D eigenvalue weighted by Crippen LogP contribution is 2.18. The molecule has 2 aromatic rings. The molecule has 3 rings (SSSR count). The molecule has 1 saturated heterocycles. The van der Waals surface area contributed by atoms with Crippen LogP contribution in [-0.2, 0) is 14.6 Å². The van der Waals surface area contributed by atoms with E-state index in [1.54, 1.807) is 47.6 Å². The Balaban J connectivity index is 1.54. The van der Waals surface area contributed by atoms with Gasteiger partial charge in [0.1, 0.15) is 6.10 Å². The molecule has 0 spiro atoms. The number of nitrogens with zero attached hydrogens (tertiary/aromatic N) is 3. The second-order valence-electron chi connectivity index (χ2n) is 6.15. The number of hydrogen-bond acceptors (Lipinski definition) is 6. The topological polar surface area (TPSA) is 89.5 Å². The zero-order valence-corrected chi connectivity index (χ0v) is 15.1. The van der Waals surface area contributed by atoms with E-state index in [1.165, 1.54) is 6.20 Å². The Morgan fingerprint density at radius 1 is 1.23 bits per heavy atom. The van der Waals surface area contributed by atoms with Crippen LogP contribution in [0.25, 0.3) is 0 Å². The van der Waals surface area contributed by atoms with E-state index in [9.17, 15) is 13.2 Å². The van der Waals surface area contributed by atoms with Crippen molar-refractivity contribution in [3.05, 3.63) is 48.9 Å². The van der Waals surface area contributed by atoms with Gasteiger partial charge in [0.15, 0.2) is 9.84 Å². The number of carbonyl (C=O) groups is 1. The molecule has 1 aromatic heterocycles. The minimum atomic E-state index is -3.45. The number of hydrogen-bond donors (Lipinski definition) is 0. The number of ether oxygens (including phenoxy) is 1. The average Bonchev–Trinajstić information content (AvgIpc) is 2.68. The van der Waals surface area contributed by atoms with Crippen molar-refractivity contribution >= 4 is 15.7 Å². The van der Waals surface area contributed by atoms with Crippen molar-refractivity contribution in [3.8, 4) is 5.88 Å². The van der Waals surface area contributed by atoms with Gasteiger partial charge in [-0.1, -0.05) is 18.2 Å². The first-order valence-corrected chi connectivity index (χ1v) is 10.2. The van der Waals surface area contributed by atoms with Crippen LogP contribution in [0.4, 0.5) is 0 Å². The van der Waals surface area contributed by atoms with Crippen molar-refractivity contribution in [1.29, 1.82) is 0 Å². The smallest absolute Gasteiger partial charge is 0.232 e. The molecular formula is C18H21N3O4S. The van der Waals surface area contributed by atoms with Gasteiger partial charge in [0.2, 0.25) is 11.8 Å². The fourth-order valence-electron chi connectivity index (χ4n) is 2.90. The normalized spacial score (nSPS) is 17.7. The molecule has 0 saturated carbocycles. The fraction of sp³-hybridized carbons (Fsp3) is 0.389. The van der Waals surface area contributed by atoms with E-state index in [-0.39, 0.29) is 29.1 Å². The fourth-order valence-corrected chi connectivity index (χ4v) is 4.15. The molecule has 0 N–H and O–H groups in total. The molecular weight excluding hydrogens is 354 g/mol. The lowest BCUT2D eigenvalue weighted by molar-refractivity contribution is -0.133. The van der Waals surface area contributed by atoms with Gasteiger partial charge in [-0.3, -0.25) is 9.78 Å². The summed E-state index contributed by atoms with van der Waals surface area (Å²) >= 11 is 0. The summed E-state index contributed by atoms with van der Waals surface area (Å²) in [5.74, 6) is 0.0672. The predicted octanol–water partition coefficient (Wildman–Crippen LogP) is 1.71. The Hall–Kier alpha value is -2.48. The van der Waals surface area contributed by atoms with Crippen LogP contribution in [0.15, 0.2) is 53.8 Å². The third-order valence-electron chi connectivity index (χ3n) is 4.24. The highest BCUT2D eigenvalue weighted by atomic mass is 32.2. The van der Waals surface area contributed by atoms with Crippen molar-refractivity contribution in [1.82, 2.24) is 14.9 Å². The van der Waals surface area contributed by atoms with Gasteiger partial charge >= 0.3 is 0 Å². The Kier molecular flexibility index (Phi) is 5.82. The van der Waals surface area contributed by atoms with Crippen LogP contribution >= 0.6 is 0 Å². The zero-order chi connectivity index (χ0) is 18.4. The highest BCUT2D eigenvalue weighted by Gasteiger charge is 2.26. The van der Waals surface area contributed by atoms with E-state index >= 15 is 0 Å². The molecule has 138 valence electrons. The monoisotopic (exact) mass is 375 g/mol. The van der Waals surface area contributed by atoms with Crippen molar-refractivity contribution in [3.63, 3.8) is 0 Å². The average molecular weight is 375 g/mol. The van der Waals surface area contributed by atoms with Crippen LogP contribution in [0.3, 0.4) is 0 Å². The predicted molar refractivity (Wildman–Crippen MR) is 95.4 cm³/mol. The molecule has 1 atom stereocenters. The van der Waals surface area contributed by atoms with Crippen LogP contribution in [0.2, 0.25) is 0 Å². The van der Waals surface area contributed by atoms with E-state index in [2.05, 4.69) is 9.97 Å². The van der Waals surface area contributed by atoms with Gasteiger partial charge < -0.3 is 9.64 Å². The largest absolute Gasteiger partial charge is 0.471 e. The molecule has 1 aliphatic rings. The maximum atomic E-state index is 12.5. The van der Waals surface area contributed by atoms with Gasteiger partial charge in [0, 0.05) is 25.4 Å². The quantitative estimate of drug-likeness (QED) is 0.764. The Morgan fingerprint density at radius 3 is 2.77 bits per heavy atom. The molecule has 0 aliphatic carbocycles. The lowest BCUT2D eigenvalue weighted by Crippen LogP contribution is -2.44. The van der Waals surface area contributed by atoms with E-state index in [1.807, 2.05) is 0 Å². The van der Waals surface area contributed by atoms with Crippen LogP contribution in [0, 0.1) is 0 Å². The third kappa shape index (κ3) is 4.78. The van der Waals surface area contributed by atoms with Gasteiger partial charge in [0.05, 0.1) is 23.4 Å². The maximum Gasteiger partial charge on any atom is 0.232 e. The number of sulfone groups is 1. The van der Waals surface area contributed by atoms with E-state index < -0.39 is 9.84 Å². The lowest BCUT2D eigenvalue weighted by atomic mass is 10.1. The number of piperidine rings is 1. The lowest BCUT2D eigenvalue weighted by Gasteiger charge is -2.32. The van der Waals surface area contributed by atoms with Crippen LogP contribution < -0.4 is 4.74 Å². The molecule has 1 aromatic carbocycles. The summed E-state index contributed by atoms with van der Waals surface area (Å²) in [6.07, 6.45) is 6.09. The minimum Gasteiger partial charge on any atom is -0.471 e. The van der Waals surface area contributed by atoms with Crippen LogP contribution in [0.5, 0.6) is 5.88 Å². The van der Waals surface area contributed by atoms with Crippen molar-refractivity contribution in [2.75, 3.05) is 18.8 Å². The summed E-state index contributed by atoms with van der Waals surface area (Å²) in [5.41, 5.74) is 0. The number of carbonyl (C=O) groups excluding carboxylic acids is 1. The van der Waals surface area contributed by atoms with Gasteiger partial charge in [-0.05, 0) is 25.0 Å². The second kappa shape index (κ2) is 8.27. The first kappa shape index (κ1) is 18.3. The van der Waals surface area contributed by atoms with Crippen LogP contribution in [-0.4, -0.2) is 54.1 Å². The molecule has 1 amide bonds. The summed E-state index contributed by atoms with van der Waals surface area (Å²) in [6, 6.07) is 8.20. The standard InChI is InChI=1S/C18H21N3O4S/c22-18(8-12-26(23,24)16-6-2-1-3-7-16)21-11-4-5-15(14-21)25-17-13-19-9-10-20-17/h1-3,6-7,9-10,13,15H,4-5,8,11-12,14H2. The summed E-state index contributed by atoms with van der Waals surface area (Å²) < 4.78 is 30.4. The zero-order valence-electron chi connectivity index (χ0n) is 14.3. The van der Waals surface area contributed by atoms with Crippen molar-refractivity contribution < 1.29 is 17.9 Å².